The summed E-state index contributed by atoms with van der Waals surface area (Å²) < 4.78 is 0. The quantitative estimate of drug-likeness (QED) is 0.830. The van der Waals surface area contributed by atoms with Crippen LogP contribution in [0.15, 0.2) is 11.6 Å². The molecule has 2 aliphatic heterocycles. The standard InChI is InChI=1S/C19H27N3O2S/c23-18(14-4-3-5-14)21-11-7-15(8-12-21)19(24)22-10-2-1-6-16(22)17-20-9-13-25-17/h9,13-16H,1-8,10-12H2/t16-/m0/s1. The molecule has 3 aliphatic rings. The number of likely N-dealkylation sites (tertiary alicyclic amines) is 2. The van der Waals surface area contributed by atoms with Gasteiger partial charge in [0.05, 0.1) is 6.04 Å². The third-order valence-corrected chi connectivity index (χ3v) is 7.01. The van der Waals surface area contributed by atoms with Gasteiger partial charge in [-0.05, 0) is 44.9 Å². The fraction of sp³-hybridized carbons (Fsp3) is 0.737. The first kappa shape index (κ1) is 17.0. The summed E-state index contributed by atoms with van der Waals surface area (Å²) >= 11 is 1.66. The molecule has 5 nitrogen and oxygen atoms in total. The van der Waals surface area contributed by atoms with Crippen LogP contribution in [-0.2, 0) is 9.59 Å². The van der Waals surface area contributed by atoms with Gasteiger partial charge in [0.1, 0.15) is 5.01 Å². The highest BCUT2D eigenvalue weighted by Crippen LogP contribution is 2.35. The molecule has 136 valence electrons. The van der Waals surface area contributed by atoms with Gasteiger partial charge in [-0.2, -0.15) is 0 Å². The van der Waals surface area contributed by atoms with Crippen molar-refractivity contribution < 1.29 is 9.59 Å². The molecule has 4 rings (SSSR count). The van der Waals surface area contributed by atoms with Crippen molar-refractivity contribution in [2.24, 2.45) is 11.8 Å². The first-order chi connectivity index (χ1) is 12.2. The smallest absolute Gasteiger partial charge is 0.226 e. The normalized spacial score (nSPS) is 25.7. The van der Waals surface area contributed by atoms with Gasteiger partial charge in [0.2, 0.25) is 11.8 Å². The number of hydrogen-bond acceptors (Lipinski definition) is 4. The van der Waals surface area contributed by atoms with E-state index in [4.69, 9.17) is 0 Å². The molecule has 0 bridgehead atoms. The third-order valence-electron chi connectivity index (χ3n) is 6.13. The molecule has 0 N–H and O–H groups in total. The van der Waals surface area contributed by atoms with Gasteiger partial charge in [-0.15, -0.1) is 11.3 Å². The summed E-state index contributed by atoms with van der Waals surface area (Å²) in [7, 11) is 0. The number of piperidine rings is 2. The largest absolute Gasteiger partial charge is 0.342 e. The predicted molar refractivity (Wildman–Crippen MR) is 97.1 cm³/mol. The molecule has 6 heteroatoms. The Kier molecular flexibility index (Phi) is 5.06. The average Bonchev–Trinajstić information content (AvgIpc) is 3.14. The summed E-state index contributed by atoms with van der Waals surface area (Å²) in [5.74, 6) is 0.959. The maximum absolute atomic E-state index is 13.1. The van der Waals surface area contributed by atoms with Gasteiger partial charge in [-0.1, -0.05) is 6.42 Å². The van der Waals surface area contributed by atoms with Crippen LogP contribution in [0.1, 0.15) is 62.4 Å². The molecule has 2 saturated heterocycles. The predicted octanol–water partition coefficient (Wildman–Crippen LogP) is 3.24. The van der Waals surface area contributed by atoms with Gasteiger partial charge < -0.3 is 9.80 Å². The first-order valence-electron chi connectivity index (χ1n) is 9.72. The Morgan fingerprint density at radius 2 is 1.68 bits per heavy atom. The Morgan fingerprint density at radius 1 is 0.920 bits per heavy atom. The Hall–Kier alpha value is -1.43. The van der Waals surface area contributed by atoms with Gasteiger partial charge in [-0.25, -0.2) is 4.98 Å². The molecule has 1 aliphatic carbocycles. The summed E-state index contributed by atoms with van der Waals surface area (Å²) in [6.45, 7) is 2.35. The van der Waals surface area contributed by atoms with E-state index in [1.165, 1.54) is 12.8 Å². The van der Waals surface area contributed by atoms with Crippen LogP contribution >= 0.6 is 11.3 Å². The minimum Gasteiger partial charge on any atom is -0.342 e. The average molecular weight is 362 g/mol. The minimum atomic E-state index is 0.0750. The molecule has 25 heavy (non-hydrogen) atoms. The lowest BCUT2D eigenvalue weighted by molar-refractivity contribution is -0.146. The molecular weight excluding hydrogens is 334 g/mol. The van der Waals surface area contributed by atoms with Crippen molar-refractivity contribution in [3.8, 4) is 0 Å². The second-order valence-corrected chi connectivity index (χ2v) is 8.57. The molecule has 0 unspecified atom stereocenters. The van der Waals surface area contributed by atoms with E-state index in [1.54, 1.807) is 11.3 Å². The van der Waals surface area contributed by atoms with Crippen molar-refractivity contribution >= 4 is 23.2 Å². The first-order valence-corrected chi connectivity index (χ1v) is 10.6. The molecule has 2 amide bonds. The zero-order chi connectivity index (χ0) is 17.2. The topological polar surface area (TPSA) is 53.5 Å². The number of aromatic nitrogens is 1. The molecule has 0 radical (unpaired) electrons. The lowest BCUT2D eigenvalue weighted by atomic mass is 9.83. The SMILES string of the molecule is O=C(C1CCC1)N1CCC(C(=O)N2CCCC[C@H]2c2nccs2)CC1. The Balaban J connectivity index is 1.36. The second-order valence-electron chi connectivity index (χ2n) is 7.64. The monoisotopic (exact) mass is 361 g/mol. The van der Waals surface area contributed by atoms with Crippen LogP contribution in [0.3, 0.4) is 0 Å². The highest BCUT2D eigenvalue weighted by Gasteiger charge is 2.37. The zero-order valence-electron chi connectivity index (χ0n) is 14.7. The fourth-order valence-corrected chi connectivity index (χ4v) is 5.13. The van der Waals surface area contributed by atoms with Gasteiger partial charge in [0.25, 0.3) is 0 Å². The summed E-state index contributed by atoms with van der Waals surface area (Å²) in [5, 5.41) is 3.07. The number of carbonyl (C=O) groups is 2. The third kappa shape index (κ3) is 3.46. The highest BCUT2D eigenvalue weighted by atomic mass is 32.1. The van der Waals surface area contributed by atoms with E-state index in [2.05, 4.69) is 9.88 Å². The maximum Gasteiger partial charge on any atom is 0.226 e. The van der Waals surface area contributed by atoms with Crippen LogP contribution in [-0.4, -0.2) is 46.2 Å². The van der Waals surface area contributed by atoms with Crippen LogP contribution < -0.4 is 0 Å². The number of hydrogen-bond donors (Lipinski definition) is 0. The van der Waals surface area contributed by atoms with Crippen molar-refractivity contribution in [3.63, 3.8) is 0 Å². The molecule has 3 fully saturated rings. The highest BCUT2D eigenvalue weighted by molar-refractivity contribution is 7.09. The van der Waals surface area contributed by atoms with E-state index in [9.17, 15) is 9.59 Å². The second kappa shape index (κ2) is 7.44. The number of thiazole rings is 1. The van der Waals surface area contributed by atoms with Gasteiger partial charge in [0.15, 0.2) is 0 Å². The summed E-state index contributed by atoms with van der Waals surface area (Å²) in [6, 6.07) is 0.163. The molecule has 0 aromatic carbocycles. The molecule has 1 aromatic rings. The zero-order valence-corrected chi connectivity index (χ0v) is 15.5. The van der Waals surface area contributed by atoms with Crippen LogP contribution in [0.5, 0.6) is 0 Å². The Morgan fingerprint density at radius 3 is 2.32 bits per heavy atom. The van der Waals surface area contributed by atoms with Gasteiger partial charge in [0, 0.05) is 43.0 Å². The van der Waals surface area contributed by atoms with Crippen molar-refractivity contribution in [3.05, 3.63) is 16.6 Å². The molecule has 1 atom stereocenters. The molecule has 3 heterocycles. The van der Waals surface area contributed by atoms with Crippen molar-refractivity contribution in [1.82, 2.24) is 14.8 Å². The lowest BCUT2D eigenvalue weighted by Crippen LogP contribution is -2.48. The number of rotatable bonds is 3. The van der Waals surface area contributed by atoms with E-state index in [0.717, 1.165) is 63.2 Å². The lowest BCUT2D eigenvalue weighted by Gasteiger charge is -2.40. The maximum atomic E-state index is 13.1. The summed E-state index contributed by atoms with van der Waals surface area (Å²) in [4.78, 5) is 34.1. The van der Waals surface area contributed by atoms with Crippen LogP contribution in [0, 0.1) is 11.8 Å². The van der Waals surface area contributed by atoms with Gasteiger partial charge >= 0.3 is 0 Å². The molecule has 1 aromatic heterocycles. The van der Waals surface area contributed by atoms with Crippen LogP contribution in [0.4, 0.5) is 0 Å². The van der Waals surface area contributed by atoms with E-state index >= 15 is 0 Å². The number of amides is 2. The van der Waals surface area contributed by atoms with Crippen LogP contribution in [0.25, 0.3) is 0 Å². The number of nitrogens with zero attached hydrogens (tertiary/aromatic N) is 3. The molecule has 1 saturated carbocycles. The van der Waals surface area contributed by atoms with Crippen molar-refractivity contribution in [2.45, 2.75) is 57.4 Å². The summed E-state index contributed by atoms with van der Waals surface area (Å²) in [5.41, 5.74) is 0. The molecule has 0 spiro atoms. The van der Waals surface area contributed by atoms with Crippen molar-refractivity contribution in [1.29, 1.82) is 0 Å². The molecular formula is C19H27N3O2S. The minimum absolute atomic E-state index is 0.0750. The fourth-order valence-electron chi connectivity index (χ4n) is 4.35. The summed E-state index contributed by atoms with van der Waals surface area (Å²) in [6.07, 6.45) is 10.1. The van der Waals surface area contributed by atoms with E-state index < -0.39 is 0 Å². The van der Waals surface area contributed by atoms with E-state index in [1.807, 2.05) is 16.5 Å². The number of carbonyl (C=O) groups excluding carboxylic acids is 2. The van der Waals surface area contributed by atoms with Crippen molar-refractivity contribution in [2.75, 3.05) is 19.6 Å². The van der Waals surface area contributed by atoms with Crippen LogP contribution in [0.2, 0.25) is 0 Å². The Labute approximate surface area is 153 Å². The van der Waals surface area contributed by atoms with E-state index in [0.29, 0.717) is 5.91 Å². The Bertz CT molecular complexity index is 606. The van der Waals surface area contributed by atoms with Gasteiger partial charge in [-0.3, -0.25) is 9.59 Å². The van der Waals surface area contributed by atoms with E-state index in [-0.39, 0.29) is 23.8 Å².